The van der Waals surface area contributed by atoms with Gasteiger partial charge in [-0.1, -0.05) is 301 Å². The molecule has 0 aliphatic heterocycles. The van der Waals surface area contributed by atoms with E-state index in [1.807, 2.05) is 0 Å². The quantitative estimate of drug-likeness (QED) is 0.0328. The largest absolute Gasteiger partial charge is 0.508 e. The average Bonchev–Trinajstić information content (AvgIpc) is 0.944. The fraction of sp³-hybridized carbons (Fsp3) is 0.936. The summed E-state index contributed by atoms with van der Waals surface area (Å²) in [5.74, 6) is 0.177. The van der Waals surface area contributed by atoms with Gasteiger partial charge in [-0.25, -0.2) is 9.59 Å². The molecule has 0 radical (unpaired) electrons. The fourth-order valence-corrected chi connectivity index (χ4v) is 14.2. The number of carboxylic acids is 1. The molecule has 0 aromatic heterocycles. The summed E-state index contributed by atoms with van der Waals surface area (Å²) in [6, 6.07) is 0. The number of nitrogens with zero attached hydrogens (tertiary/aromatic N) is 4. The maximum absolute atomic E-state index is 12.8. The number of aliphatic carboxylic acids is 1. The number of rotatable bonds is 83. The van der Waals surface area contributed by atoms with E-state index in [-0.39, 0.29) is 49.9 Å². The highest BCUT2D eigenvalue weighted by molar-refractivity contribution is 5.70. The molecule has 0 saturated heterocycles. The molecule has 19 nitrogen and oxygen atoms in total. The predicted octanol–water partition coefficient (Wildman–Crippen LogP) is 24.5. The van der Waals surface area contributed by atoms with E-state index >= 15 is 0 Å². The summed E-state index contributed by atoms with van der Waals surface area (Å²) in [7, 11) is 0. The van der Waals surface area contributed by atoms with Crippen LogP contribution in [0.5, 0.6) is 0 Å². The van der Waals surface area contributed by atoms with Crippen LogP contribution < -0.4 is 0 Å². The summed E-state index contributed by atoms with van der Waals surface area (Å²) >= 11 is 0. The van der Waals surface area contributed by atoms with Gasteiger partial charge in [-0.05, 0) is 141 Å². The Bertz CT molecular complexity index is 2020. The van der Waals surface area contributed by atoms with Crippen LogP contribution in [0.2, 0.25) is 0 Å². The smallest absolute Gasteiger partial charge is 0.481 e. The van der Waals surface area contributed by atoms with Gasteiger partial charge in [0.25, 0.3) is 0 Å². The fourth-order valence-electron chi connectivity index (χ4n) is 14.2. The minimum atomic E-state index is -0.670. The molecule has 19 heteroatoms. The lowest BCUT2D eigenvalue weighted by Gasteiger charge is -2.26. The molecule has 2 unspecified atom stereocenters. The van der Waals surface area contributed by atoms with Crippen molar-refractivity contribution in [2.24, 2.45) is 11.8 Å². The monoisotopic (exact) mass is 1610 g/mol. The van der Waals surface area contributed by atoms with Crippen LogP contribution in [-0.4, -0.2) is 196 Å². The number of esters is 3. The van der Waals surface area contributed by atoms with Crippen LogP contribution in [0.25, 0.3) is 0 Å². The van der Waals surface area contributed by atoms with Crippen molar-refractivity contribution >= 4 is 36.2 Å². The normalized spacial score (nSPS) is 12.0. The SMILES string of the molecule is CCCCCCC(CCCCCCCCC(=O)OCC(CCCCC)CCCCC)OC(=O)OCCN(CCO)CCN(CC)CC.CCCCCCCC(=O)O.CCCCCCCC(=O)OCCN(CCOC(=O)OC(CCCCCC)CCCCCCCCC(=O)OCC(CCCCC)CCCCC)CCN(CC)CC. The molecule has 0 aliphatic carbocycles. The molecule has 0 rings (SSSR count). The first-order valence-electron chi connectivity index (χ1n) is 47.9. The Labute approximate surface area is 696 Å². The van der Waals surface area contributed by atoms with Gasteiger partial charge in [-0.15, -0.1) is 0 Å². The lowest BCUT2D eigenvalue weighted by molar-refractivity contribution is -0.146. The molecule has 0 aromatic carbocycles. The molecule has 672 valence electrons. The highest BCUT2D eigenvalue weighted by atomic mass is 16.7. The minimum Gasteiger partial charge on any atom is -0.481 e. The molecule has 113 heavy (non-hydrogen) atoms. The number of hydrogen-bond acceptors (Lipinski definition) is 18. The number of aliphatic hydroxyl groups is 1. The van der Waals surface area contributed by atoms with E-state index in [0.29, 0.717) is 83.5 Å². The minimum absolute atomic E-state index is 0.0309. The van der Waals surface area contributed by atoms with Crippen LogP contribution in [-0.2, 0) is 52.3 Å². The van der Waals surface area contributed by atoms with E-state index < -0.39 is 18.3 Å². The zero-order valence-corrected chi connectivity index (χ0v) is 76.2. The molecular weight excluding hydrogens is 1430 g/mol. The first-order chi connectivity index (χ1) is 55.0. The molecule has 0 amide bonds. The second kappa shape index (κ2) is 90.5. The van der Waals surface area contributed by atoms with Crippen LogP contribution in [0.15, 0.2) is 0 Å². The number of ether oxygens (including phenoxy) is 7. The van der Waals surface area contributed by atoms with E-state index in [1.165, 1.54) is 167 Å². The van der Waals surface area contributed by atoms with Crippen LogP contribution in [0.4, 0.5) is 9.59 Å². The molecule has 0 fully saturated rings. The van der Waals surface area contributed by atoms with E-state index in [9.17, 15) is 33.9 Å². The molecule has 0 saturated carbocycles. The van der Waals surface area contributed by atoms with Gasteiger partial charge in [-0.2, -0.15) is 0 Å². The number of carbonyl (C=O) groups excluding carboxylic acids is 5. The van der Waals surface area contributed by atoms with Gasteiger partial charge in [0.05, 0.1) is 19.8 Å². The van der Waals surface area contributed by atoms with E-state index in [1.54, 1.807) is 0 Å². The molecule has 2 atom stereocenters. The van der Waals surface area contributed by atoms with Gasteiger partial charge in [0.2, 0.25) is 0 Å². The van der Waals surface area contributed by atoms with Gasteiger partial charge in [0.15, 0.2) is 0 Å². The van der Waals surface area contributed by atoms with Crippen molar-refractivity contribution in [1.29, 1.82) is 0 Å². The summed E-state index contributed by atoms with van der Waals surface area (Å²) in [5, 5.41) is 17.7. The van der Waals surface area contributed by atoms with Crippen molar-refractivity contribution in [2.75, 3.05) is 118 Å². The Kier molecular flexibility index (Phi) is 90.8. The van der Waals surface area contributed by atoms with Crippen molar-refractivity contribution in [1.82, 2.24) is 19.6 Å². The predicted molar refractivity (Wildman–Crippen MR) is 470 cm³/mol. The van der Waals surface area contributed by atoms with Gasteiger partial charge in [0, 0.05) is 78.0 Å². The van der Waals surface area contributed by atoms with E-state index in [2.05, 4.69) is 103 Å². The van der Waals surface area contributed by atoms with Crippen LogP contribution >= 0.6 is 0 Å². The van der Waals surface area contributed by atoms with Crippen LogP contribution in [0.3, 0.4) is 0 Å². The zero-order valence-electron chi connectivity index (χ0n) is 76.2. The van der Waals surface area contributed by atoms with E-state index in [4.69, 9.17) is 38.3 Å². The summed E-state index contributed by atoms with van der Waals surface area (Å²) < 4.78 is 39.7. The summed E-state index contributed by atoms with van der Waals surface area (Å²) in [4.78, 5) is 81.5. The van der Waals surface area contributed by atoms with Crippen molar-refractivity contribution in [3.8, 4) is 0 Å². The molecule has 0 heterocycles. The average molecular weight is 1610 g/mol. The Balaban J connectivity index is -0.00000192. The highest BCUT2D eigenvalue weighted by Gasteiger charge is 2.21. The number of carbonyl (C=O) groups is 6. The number of aliphatic hydroxyl groups excluding tert-OH is 1. The number of carboxylic acid groups (broad SMARTS) is 1. The molecular formula is C94H186N4O15. The second-order valence-electron chi connectivity index (χ2n) is 32.2. The lowest BCUT2D eigenvalue weighted by Crippen LogP contribution is -2.39. The highest BCUT2D eigenvalue weighted by Crippen LogP contribution is 2.23. The number of likely N-dealkylation sites (N-methyl/N-ethyl adjacent to an activating group) is 2. The standard InChI is InChI=1S/C47H92N2O7.C39H78N2O6.C8H16O2/c1-7-13-17-21-28-34-45(50)53-40-38-49(37-36-48(11-5)12-6)39-41-54-47(52)56-44(32-26-18-14-8-2)33-27-22-19-20-23-29-35-46(51)55-42-43(30-24-15-9-3)31-25-16-10-4;1-6-11-14-21-26-37(47-39(44)45-34-32-41(31-33-42)30-29-40(9-4)10-5)27-22-17-15-16-18-23-28-38(43)46-35-36(24-19-12-7-2)25-20-13-8-3;1-2-3-4-5-6-7-8(9)10/h43-44H,7-42H2,1-6H3;36-37,42H,6-35H2,1-5H3;2-7H2,1H3,(H,9,10). The number of hydrogen-bond donors (Lipinski definition) is 2. The second-order valence-corrected chi connectivity index (χ2v) is 32.2. The Morgan fingerprint density at radius 1 is 0.257 bits per heavy atom. The Morgan fingerprint density at radius 2 is 0.496 bits per heavy atom. The van der Waals surface area contributed by atoms with Crippen LogP contribution in [0, 0.1) is 11.8 Å². The Morgan fingerprint density at radius 3 is 0.796 bits per heavy atom. The van der Waals surface area contributed by atoms with Gasteiger partial charge in [0.1, 0.15) is 32.0 Å². The third-order valence-electron chi connectivity index (χ3n) is 22.0. The molecule has 0 aliphatic rings. The summed E-state index contributed by atoms with van der Waals surface area (Å²) in [5.41, 5.74) is 0. The maximum atomic E-state index is 12.8. The van der Waals surface area contributed by atoms with Gasteiger partial charge in [-0.3, -0.25) is 29.0 Å². The lowest BCUT2D eigenvalue weighted by atomic mass is 9.96. The molecule has 0 bridgehead atoms. The van der Waals surface area contributed by atoms with Crippen molar-refractivity contribution < 1.29 is 72.1 Å². The van der Waals surface area contributed by atoms with Gasteiger partial charge >= 0.3 is 36.2 Å². The summed E-state index contributed by atoms with van der Waals surface area (Å²) in [6.07, 6.45) is 56.5. The third-order valence-corrected chi connectivity index (χ3v) is 22.0. The topological polar surface area (TPSA) is 220 Å². The zero-order chi connectivity index (χ0) is 83.9. The third kappa shape index (κ3) is 83.1. The molecule has 2 N–H and O–H groups in total. The van der Waals surface area contributed by atoms with Crippen molar-refractivity contribution in [3.63, 3.8) is 0 Å². The molecule has 0 aromatic rings. The van der Waals surface area contributed by atoms with Gasteiger partial charge < -0.3 is 53.2 Å². The van der Waals surface area contributed by atoms with Crippen molar-refractivity contribution in [3.05, 3.63) is 0 Å². The molecule has 0 spiro atoms. The first-order valence-corrected chi connectivity index (χ1v) is 47.9. The van der Waals surface area contributed by atoms with Crippen molar-refractivity contribution in [2.45, 2.75) is 442 Å². The van der Waals surface area contributed by atoms with Crippen LogP contribution in [0.1, 0.15) is 430 Å². The number of unbranched alkanes of at least 4 members (excludes halogenated alkanes) is 32. The first kappa shape index (κ1) is 113. The van der Waals surface area contributed by atoms with E-state index in [0.717, 1.165) is 206 Å². The summed E-state index contributed by atoms with van der Waals surface area (Å²) in [6.45, 7) is 38.3. The Hall–Kier alpha value is -3.78. The maximum Gasteiger partial charge on any atom is 0.508 e.